The van der Waals surface area contributed by atoms with Gasteiger partial charge < -0.3 is 10.2 Å². The van der Waals surface area contributed by atoms with Crippen molar-refractivity contribution in [2.45, 2.75) is 32.2 Å². The van der Waals surface area contributed by atoms with Gasteiger partial charge >= 0.3 is 0 Å². The minimum atomic E-state index is -0.0103. The topological polar surface area (TPSA) is 49.4 Å². The molecule has 1 N–H and O–H groups in total. The molecule has 0 bridgehead atoms. The molecule has 1 aliphatic heterocycles. The molecule has 0 aromatic rings. The Bertz CT molecular complexity index is 261. The zero-order chi connectivity index (χ0) is 10.1. The van der Waals surface area contributed by atoms with Crippen molar-refractivity contribution in [3.05, 3.63) is 0 Å². The highest BCUT2D eigenvalue weighted by Crippen LogP contribution is 2.35. The van der Waals surface area contributed by atoms with E-state index < -0.39 is 0 Å². The van der Waals surface area contributed by atoms with Gasteiger partial charge in [0.15, 0.2) is 0 Å². The summed E-state index contributed by atoms with van der Waals surface area (Å²) >= 11 is 0. The summed E-state index contributed by atoms with van der Waals surface area (Å²) in [7, 11) is 0. The van der Waals surface area contributed by atoms with Crippen molar-refractivity contribution in [1.82, 2.24) is 10.2 Å². The predicted molar refractivity (Wildman–Crippen MR) is 51.5 cm³/mol. The van der Waals surface area contributed by atoms with Gasteiger partial charge in [0.25, 0.3) is 0 Å². The maximum absolute atomic E-state index is 11.6. The molecule has 4 nitrogen and oxygen atoms in total. The van der Waals surface area contributed by atoms with Crippen LogP contribution in [0.15, 0.2) is 0 Å². The smallest absolute Gasteiger partial charge is 0.242 e. The van der Waals surface area contributed by atoms with E-state index in [1.54, 1.807) is 0 Å². The predicted octanol–water partition coefficient (Wildman–Crippen LogP) is 0.133. The summed E-state index contributed by atoms with van der Waals surface area (Å²) in [6.45, 7) is 2.85. The molecule has 1 saturated heterocycles. The Morgan fingerprint density at radius 1 is 1.43 bits per heavy atom. The third-order valence-electron chi connectivity index (χ3n) is 3.13. The van der Waals surface area contributed by atoms with Crippen LogP contribution in [0.5, 0.6) is 0 Å². The first-order valence-electron chi connectivity index (χ1n) is 5.24. The van der Waals surface area contributed by atoms with Crippen LogP contribution in [0.1, 0.15) is 26.2 Å². The van der Waals surface area contributed by atoms with Gasteiger partial charge in [-0.15, -0.1) is 0 Å². The van der Waals surface area contributed by atoms with Crippen LogP contribution in [0, 0.1) is 5.92 Å². The van der Waals surface area contributed by atoms with Gasteiger partial charge in [-0.05, 0) is 25.7 Å². The van der Waals surface area contributed by atoms with Gasteiger partial charge in [0.1, 0.15) is 0 Å². The first kappa shape index (κ1) is 9.49. The summed E-state index contributed by atoms with van der Waals surface area (Å²) in [6, 6.07) is 0.315. The minimum absolute atomic E-state index is 0.0103. The number of nitrogens with zero attached hydrogens (tertiary/aromatic N) is 1. The average Bonchev–Trinajstić information content (AvgIpc) is 2.96. The highest BCUT2D eigenvalue weighted by Gasteiger charge is 2.35. The Balaban J connectivity index is 2.00. The van der Waals surface area contributed by atoms with Crippen LogP contribution in [0.3, 0.4) is 0 Å². The van der Waals surface area contributed by atoms with Crippen LogP contribution < -0.4 is 5.32 Å². The number of hydrogen-bond acceptors (Lipinski definition) is 2. The number of carbonyl (C=O) groups excluding carboxylic acids is 2. The lowest BCUT2D eigenvalue weighted by molar-refractivity contribution is -0.132. The highest BCUT2D eigenvalue weighted by atomic mass is 16.2. The molecule has 78 valence electrons. The van der Waals surface area contributed by atoms with Crippen molar-refractivity contribution in [1.29, 1.82) is 0 Å². The number of hydrogen-bond donors (Lipinski definition) is 1. The van der Waals surface area contributed by atoms with E-state index in [9.17, 15) is 9.59 Å². The lowest BCUT2D eigenvalue weighted by Gasteiger charge is -2.27. The molecule has 4 heteroatoms. The molecule has 1 heterocycles. The zero-order valence-corrected chi connectivity index (χ0v) is 8.45. The summed E-state index contributed by atoms with van der Waals surface area (Å²) in [6.07, 6.45) is 2.90. The van der Waals surface area contributed by atoms with Crippen LogP contribution in [0.2, 0.25) is 0 Å². The molecule has 1 saturated carbocycles. The molecule has 2 aliphatic rings. The lowest BCUT2D eigenvalue weighted by atomic mass is 10.1. The van der Waals surface area contributed by atoms with Crippen molar-refractivity contribution in [2.75, 3.05) is 13.1 Å². The fraction of sp³-hybridized carbons (Fsp3) is 0.800. The van der Waals surface area contributed by atoms with Crippen LogP contribution in [0.4, 0.5) is 0 Å². The van der Waals surface area contributed by atoms with Crippen LogP contribution in [-0.2, 0) is 9.59 Å². The number of carbonyl (C=O) groups is 2. The lowest BCUT2D eigenvalue weighted by Crippen LogP contribution is -2.42. The van der Waals surface area contributed by atoms with E-state index in [1.165, 1.54) is 12.8 Å². The van der Waals surface area contributed by atoms with E-state index in [4.69, 9.17) is 0 Å². The van der Waals surface area contributed by atoms with Crippen molar-refractivity contribution < 1.29 is 9.59 Å². The van der Waals surface area contributed by atoms with E-state index in [0.717, 1.165) is 0 Å². The normalized spacial score (nSPS) is 25.6. The molecular weight excluding hydrogens is 180 g/mol. The minimum Gasteiger partial charge on any atom is -0.347 e. The second-order valence-electron chi connectivity index (χ2n) is 4.19. The molecule has 0 spiro atoms. The van der Waals surface area contributed by atoms with Gasteiger partial charge in [-0.25, -0.2) is 0 Å². The van der Waals surface area contributed by atoms with Crippen LogP contribution >= 0.6 is 0 Å². The van der Waals surface area contributed by atoms with E-state index in [2.05, 4.69) is 12.2 Å². The monoisotopic (exact) mass is 196 g/mol. The SMILES string of the molecule is CC(C1CC1)N1CCC(=O)NCC1=O. The van der Waals surface area contributed by atoms with E-state index in [-0.39, 0.29) is 18.4 Å². The molecule has 1 aliphatic carbocycles. The Hall–Kier alpha value is -1.06. The molecule has 0 aromatic carbocycles. The Morgan fingerprint density at radius 3 is 2.79 bits per heavy atom. The maximum atomic E-state index is 11.6. The van der Waals surface area contributed by atoms with Crippen molar-refractivity contribution in [2.24, 2.45) is 5.92 Å². The first-order valence-corrected chi connectivity index (χ1v) is 5.24. The molecule has 1 unspecified atom stereocenters. The molecule has 2 fully saturated rings. The third kappa shape index (κ3) is 1.89. The molecule has 1 atom stereocenters. The number of nitrogens with one attached hydrogen (secondary N) is 1. The van der Waals surface area contributed by atoms with E-state index in [1.807, 2.05) is 4.90 Å². The van der Waals surface area contributed by atoms with Crippen molar-refractivity contribution >= 4 is 11.8 Å². The first-order chi connectivity index (χ1) is 6.68. The van der Waals surface area contributed by atoms with Gasteiger partial charge in [0.2, 0.25) is 11.8 Å². The maximum Gasteiger partial charge on any atom is 0.242 e. The molecule has 2 rings (SSSR count). The standard InChI is InChI=1S/C10H16N2O2/c1-7(8-2-3-8)12-5-4-9(13)11-6-10(12)14/h7-8H,2-6H2,1H3,(H,11,13). The molecule has 0 aromatic heterocycles. The molecule has 0 radical (unpaired) electrons. The highest BCUT2D eigenvalue weighted by molar-refractivity contribution is 5.87. The summed E-state index contributed by atoms with van der Waals surface area (Å²) in [5, 5.41) is 2.61. The largest absolute Gasteiger partial charge is 0.347 e. The molecule has 14 heavy (non-hydrogen) atoms. The summed E-state index contributed by atoms with van der Waals surface area (Å²) in [5.74, 6) is 0.728. The van der Waals surface area contributed by atoms with Gasteiger partial charge in [0.05, 0.1) is 6.54 Å². The quantitative estimate of drug-likeness (QED) is 0.682. The fourth-order valence-electron chi connectivity index (χ4n) is 1.97. The van der Waals surface area contributed by atoms with E-state index >= 15 is 0 Å². The summed E-state index contributed by atoms with van der Waals surface area (Å²) in [5.41, 5.74) is 0. The molecule has 2 amide bonds. The van der Waals surface area contributed by atoms with Crippen molar-refractivity contribution in [3.8, 4) is 0 Å². The average molecular weight is 196 g/mol. The Morgan fingerprint density at radius 2 is 2.14 bits per heavy atom. The van der Waals surface area contributed by atoms with Crippen molar-refractivity contribution in [3.63, 3.8) is 0 Å². The molecular formula is C10H16N2O2. The summed E-state index contributed by atoms with van der Waals surface area (Å²) in [4.78, 5) is 24.6. The van der Waals surface area contributed by atoms with Gasteiger partial charge in [-0.1, -0.05) is 0 Å². The van der Waals surface area contributed by atoms with Gasteiger partial charge in [-0.3, -0.25) is 9.59 Å². The zero-order valence-electron chi connectivity index (χ0n) is 8.45. The van der Waals surface area contributed by atoms with Crippen LogP contribution in [-0.4, -0.2) is 35.8 Å². The third-order valence-corrected chi connectivity index (χ3v) is 3.13. The van der Waals surface area contributed by atoms with Gasteiger partial charge in [0, 0.05) is 19.0 Å². The van der Waals surface area contributed by atoms with E-state index in [0.29, 0.717) is 24.9 Å². The summed E-state index contributed by atoms with van der Waals surface area (Å²) < 4.78 is 0. The Kier molecular flexibility index (Phi) is 2.44. The number of amides is 2. The fourth-order valence-corrected chi connectivity index (χ4v) is 1.97. The second-order valence-corrected chi connectivity index (χ2v) is 4.19. The second kappa shape index (κ2) is 3.59. The van der Waals surface area contributed by atoms with Crippen LogP contribution in [0.25, 0.3) is 0 Å². The van der Waals surface area contributed by atoms with Gasteiger partial charge in [-0.2, -0.15) is 0 Å². The Labute approximate surface area is 83.6 Å². The number of rotatable bonds is 2.